The molecule has 2 heterocycles. The van der Waals surface area contributed by atoms with Crippen molar-refractivity contribution in [1.29, 1.82) is 0 Å². The Hall–Kier alpha value is -7.20. The lowest BCUT2D eigenvalue weighted by Crippen LogP contribution is -2.74. The Balaban J connectivity index is 1.10. The third kappa shape index (κ3) is 5.17. The highest BCUT2D eigenvalue weighted by Gasteiger charge is 2.41. The summed E-state index contributed by atoms with van der Waals surface area (Å²) >= 11 is 0. The van der Waals surface area contributed by atoms with Gasteiger partial charge >= 0.3 is 0 Å². The summed E-state index contributed by atoms with van der Waals surface area (Å²) in [6, 6.07) is 85.0. The van der Waals surface area contributed by atoms with E-state index in [0.717, 1.165) is 11.4 Å². The van der Waals surface area contributed by atoms with Crippen LogP contribution in [0.3, 0.4) is 0 Å². The van der Waals surface area contributed by atoms with Crippen molar-refractivity contribution in [3.05, 3.63) is 231 Å². The highest BCUT2D eigenvalue weighted by atomic mass is 28.3. The minimum atomic E-state index is -2.64. The van der Waals surface area contributed by atoms with Crippen LogP contribution in [0.15, 0.2) is 231 Å². The molecule has 3 heteroatoms. The lowest BCUT2D eigenvalue weighted by Gasteiger charge is -2.34. The number of hydrogen-bond acceptors (Lipinski definition) is 0. The standard InChI is InChI=1S/C54H38N2Si/c1-5-18-39(19-6-1)46-28-17-31-53-54(46)48-27-14-16-30-51(48)56(53)41-34-37-52-49(38-41)47-26-13-15-29-50(47)55(52)40-32-35-45(36-33-40)57(42-20-7-2-8-21-42,43-22-9-3-10-23-43)44-24-11-4-12-25-44/h1-38H. The van der Waals surface area contributed by atoms with Crippen molar-refractivity contribution in [1.82, 2.24) is 9.13 Å². The van der Waals surface area contributed by atoms with Gasteiger partial charge in [-0.1, -0.05) is 182 Å². The molecular weight excluding hydrogens is 705 g/mol. The van der Waals surface area contributed by atoms with Crippen LogP contribution in [0, 0.1) is 0 Å². The van der Waals surface area contributed by atoms with Crippen LogP contribution in [0.2, 0.25) is 0 Å². The van der Waals surface area contributed by atoms with E-state index in [9.17, 15) is 0 Å². The quantitative estimate of drug-likeness (QED) is 0.114. The van der Waals surface area contributed by atoms with Gasteiger partial charge in [0.15, 0.2) is 8.07 Å². The highest BCUT2D eigenvalue weighted by Crippen LogP contribution is 2.40. The summed E-state index contributed by atoms with van der Waals surface area (Å²) in [5.74, 6) is 0. The van der Waals surface area contributed by atoms with Crippen LogP contribution in [0.25, 0.3) is 66.1 Å². The molecule has 0 spiro atoms. The average molecular weight is 743 g/mol. The van der Waals surface area contributed by atoms with E-state index < -0.39 is 8.07 Å². The van der Waals surface area contributed by atoms with Crippen molar-refractivity contribution in [2.75, 3.05) is 0 Å². The van der Waals surface area contributed by atoms with E-state index in [4.69, 9.17) is 0 Å². The van der Waals surface area contributed by atoms with Gasteiger partial charge in [-0.15, -0.1) is 0 Å². The number of nitrogens with zero attached hydrogens (tertiary/aromatic N) is 2. The zero-order valence-corrected chi connectivity index (χ0v) is 32.3. The molecule has 0 radical (unpaired) electrons. The number of aromatic nitrogens is 2. The predicted octanol–water partition coefficient (Wildman–Crippen LogP) is 10.9. The largest absolute Gasteiger partial charge is 0.309 e. The Bertz CT molecular complexity index is 3100. The third-order valence-corrected chi connectivity index (χ3v) is 16.7. The maximum absolute atomic E-state index is 2.64. The number of fused-ring (bicyclic) bond motifs is 6. The van der Waals surface area contributed by atoms with Crippen LogP contribution in [0.5, 0.6) is 0 Å². The maximum atomic E-state index is 2.44. The van der Waals surface area contributed by atoms with Gasteiger partial charge < -0.3 is 9.13 Å². The van der Waals surface area contributed by atoms with Crippen LogP contribution in [0.4, 0.5) is 0 Å². The molecule has 0 fully saturated rings. The van der Waals surface area contributed by atoms with Gasteiger partial charge in [-0.2, -0.15) is 0 Å². The zero-order valence-electron chi connectivity index (χ0n) is 31.3. The van der Waals surface area contributed by atoms with E-state index in [1.165, 1.54) is 75.5 Å². The van der Waals surface area contributed by atoms with Crippen LogP contribution in [0.1, 0.15) is 0 Å². The molecule has 0 aliphatic carbocycles. The second kappa shape index (κ2) is 13.5. The summed E-state index contributed by atoms with van der Waals surface area (Å²) in [4.78, 5) is 0. The molecule has 0 saturated carbocycles. The van der Waals surface area contributed by atoms with E-state index in [1.807, 2.05) is 0 Å². The molecule has 0 aliphatic heterocycles. The molecule has 11 rings (SSSR count). The fourth-order valence-corrected chi connectivity index (χ4v) is 14.2. The fraction of sp³-hybridized carbons (Fsp3) is 0. The van der Waals surface area contributed by atoms with E-state index in [1.54, 1.807) is 0 Å². The average Bonchev–Trinajstić information content (AvgIpc) is 3.81. The highest BCUT2D eigenvalue weighted by molar-refractivity contribution is 7.19. The Labute approximate surface area is 333 Å². The van der Waals surface area contributed by atoms with E-state index in [-0.39, 0.29) is 0 Å². The van der Waals surface area contributed by atoms with Gasteiger partial charge in [0.2, 0.25) is 0 Å². The molecule has 57 heavy (non-hydrogen) atoms. The molecular formula is C54H38N2Si. The summed E-state index contributed by atoms with van der Waals surface area (Å²) in [5, 5.41) is 10.5. The monoisotopic (exact) mass is 742 g/mol. The van der Waals surface area contributed by atoms with Crippen molar-refractivity contribution in [2.45, 2.75) is 0 Å². The van der Waals surface area contributed by atoms with Crippen molar-refractivity contribution in [3.8, 4) is 22.5 Å². The van der Waals surface area contributed by atoms with Gasteiger partial charge in [-0.25, -0.2) is 0 Å². The minimum Gasteiger partial charge on any atom is -0.309 e. The lowest BCUT2D eigenvalue weighted by atomic mass is 9.99. The molecule has 11 aromatic rings. The molecule has 0 saturated heterocycles. The first kappa shape index (κ1) is 33.2. The van der Waals surface area contributed by atoms with Crippen molar-refractivity contribution in [2.24, 2.45) is 0 Å². The van der Waals surface area contributed by atoms with Gasteiger partial charge in [0.05, 0.1) is 22.1 Å². The maximum Gasteiger partial charge on any atom is 0.179 e. The molecule has 9 aromatic carbocycles. The normalized spacial score (nSPS) is 11.9. The molecule has 0 atom stereocenters. The molecule has 268 valence electrons. The molecule has 2 nitrogen and oxygen atoms in total. The third-order valence-electron chi connectivity index (χ3n) is 11.9. The second-order valence-corrected chi connectivity index (χ2v) is 18.7. The first-order valence-corrected chi connectivity index (χ1v) is 21.7. The number of benzene rings is 9. The predicted molar refractivity (Wildman–Crippen MR) is 244 cm³/mol. The van der Waals surface area contributed by atoms with Crippen LogP contribution >= 0.6 is 0 Å². The van der Waals surface area contributed by atoms with E-state index in [2.05, 4.69) is 240 Å². The SMILES string of the molecule is c1ccc(-c2cccc3c2c2ccccc2n3-c2ccc3c(c2)c2ccccc2n3-c2ccc([Si](c3ccccc3)(c3ccccc3)c3ccccc3)cc2)cc1. The molecule has 0 bridgehead atoms. The first-order valence-electron chi connectivity index (χ1n) is 19.7. The smallest absolute Gasteiger partial charge is 0.179 e. The van der Waals surface area contributed by atoms with E-state index >= 15 is 0 Å². The summed E-state index contributed by atoms with van der Waals surface area (Å²) in [6.45, 7) is 0. The van der Waals surface area contributed by atoms with Crippen molar-refractivity contribution in [3.63, 3.8) is 0 Å². The van der Waals surface area contributed by atoms with E-state index in [0.29, 0.717) is 0 Å². The first-order chi connectivity index (χ1) is 28.3. The van der Waals surface area contributed by atoms with Crippen LogP contribution in [-0.2, 0) is 0 Å². The van der Waals surface area contributed by atoms with Crippen LogP contribution < -0.4 is 20.7 Å². The number of hydrogen-bond donors (Lipinski definition) is 0. The Morgan fingerprint density at radius 1 is 0.281 bits per heavy atom. The van der Waals surface area contributed by atoms with Gasteiger partial charge in [0.1, 0.15) is 0 Å². The van der Waals surface area contributed by atoms with Crippen molar-refractivity contribution < 1.29 is 0 Å². The summed E-state index contributed by atoms with van der Waals surface area (Å²) < 4.78 is 4.88. The summed E-state index contributed by atoms with van der Waals surface area (Å²) in [7, 11) is -2.64. The minimum absolute atomic E-state index is 1.15. The van der Waals surface area contributed by atoms with Gasteiger partial charge in [-0.3, -0.25) is 0 Å². The molecule has 0 aliphatic rings. The zero-order chi connectivity index (χ0) is 37.8. The van der Waals surface area contributed by atoms with Crippen LogP contribution in [-0.4, -0.2) is 17.2 Å². The summed E-state index contributed by atoms with van der Waals surface area (Å²) in [6.07, 6.45) is 0. The molecule has 0 amide bonds. The fourth-order valence-electron chi connectivity index (χ4n) is 9.46. The molecule has 0 unspecified atom stereocenters. The number of para-hydroxylation sites is 2. The summed E-state index contributed by atoms with van der Waals surface area (Å²) in [5.41, 5.74) is 9.59. The lowest BCUT2D eigenvalue weighted by molar-refractivity contribution is 1.17. The van der Waals surface area contributed by atoms with Gasteiger partial charge in [-0.05, 0) is 80.4 Å². The second-order valence-electron chi connectivity index (χ2n) is 14.9. The Kier molecular flexibility index (Phi) is 7.87. The van der Waals surface area contributed by atoms with Gasteiger partial charge in [0.25, 0.3) is 0 Å². The molecule has 2 aromatic heterocycles. The Morgan fingerprint density at radius 2 is 0.719 bits per heavy atom. The van der Waals surface area contributed by atoms with Gasteiger partial charge in [0, 0.05) is 32.9 Å². The Morgan fingerprint density at radius 3 is 1.33 bits per heavy atom. The molecule has 0 N–H and O–H groups in total. The topological polar surface area (TPSA) is 9.86 Å². The number of rotatable bonds is 7. The van der Waals surface area contributed by atoms with Crippen molar-refractivity contribution >= 4 is 72.4 Å².